The molecule has 0 bridgehead atoms. The minimum absolute atomic E-state index is 0.309. The van der Waals surface area contributed by atoms with Gasteiger partial charge in [0, 0.05) is 11.3 Å². The van der Waals surface area contributed by atoms with Crippen LogP contribution in [0.2, 0.25) is 0 Å². The Balaban J connectivity index is 1.73. The van der Waals surface area contributed by atoms with Gasteiger partial charge < -0.3 is 0 Å². The standard InChI is InChI=1S/C17H14FNO2S/c1-11-8-9-22-15(11)7-6-12(18)10-19-16(20)13-4-2-3-5-14(13)17(19)21/h2-6,8-9H,7,10H2,1H3. The molecule has 1 aliphatic heterocycles. The Morgan fingerprint density at radius 2 is 1.82 bits per heavy atom. The average Bonchev–Trinajstić information content (AvgIpc) is 3.03. The van der Waals surface area contributed by atoms with Crippen LogP contribution in [-0.2, 0) is 6.42 Å². The molecule has 3 nitrogen and oxygen atoms in total. The number of carbonyl (C=O) groups is 2. The van der Waals surface area contributed by atoms with Crippen LogP contribution in [-0.4, -0.2) is 23.3 Å². The first kappa shape index (κ1) is 14.7. The van der Waals surface area contributed by atoms with E-state index in [0.717, 1.165) is 15.3 Å². The average molecular weight is 315 g/mol. The first-order chi connectivity index (χ1) is 10.6. The van der Waals surface area contributed by atoms with Gasteiger partial charge in [0.2, 0.25) is 0 Å². The number of hydrogen-bond donors (Lipinski definition) is 0. The maximum Gasteiger partial charge on any atom is 0.261 e. The van der Waals surface area contributed by atoms with Crippen molar-refractivity contribution in [2.75, 3.05) is 6.54 Å². The van der Waals surface area contributed by atoms with Crippen molar-refractivity contribution in [2.45, 2.75) is 13.3 Å². The molecule has 0 saturated heterocycles. The summed E-state index contributed by atoms with van der Waals surface area (Å²) in [5, 5.41) is 1.96. The van der Waals surface area contributed by atoms with Crippen molar-refractivity contribution in [3.8, 4) is 0 Å². The highest BCUT2D eigenvalue weighted by Crippen LogP contribution is 2.24. The first-order valence-corrected chi connectivity index (χ1v) is 7.78. The normalized spacial score (nSPS) is 14.6. The number of rotatable bonds is 4. The number of thiophene rings is 1. The highest BCUT2D eigenvalue weighted by atomic mass is 32.1. The van der Waals surface area contributed by atoms with E-state index in [1.54, 1.807) is 35.6 Å². The minimum Gasteiger partial charge on any atom is -0.269 e. The van der Waals surface area contributed by atoms with Crippen LogP contribution in [0.25, 0.3) is 0 Å². The summed E-state index contributed by atoms with van der Waals surface area (Å²) < 4.78 is 14.1. The fraction of sp³-hybridized carbons (Fsp3) is 0.176. The number of nitrogens with zero attached hydrogens (tertiary/aromatic N) is 1. The molecular formula is C17H14FNO2S. The summed E-state index contributed by atoms with van der Waals surface area (Å²) in [5.41, 5.74) is 1.80. The molecule has 1 aliphatic rings. The lowest BCUT2D eigenvalue weighted by Gasteiger charge is -2.12. The largest absolute Gasteiger partial charge is 0.269 e. The second kappa shape index (κ2) is 5.85. The predicted molar refractivity (Wildman–Crippen MR) is 83.8 cm³/mol. The smallest absolute Gasteiger partial charge is 0.261 e. The number of carbonyl (C=O) groups excluding carboxylic acids is 2. The van der Waals surface area contributed by atoms with E-state index in [-0.39, 0.29) is 6.54 Å². The van der Waals surface area contributed by atoms with Gasteiger partial charge in [-0.1, -0.05) is 12.1 Å². The lowest BCUT2D eigenvalue weighted by Crippen LogP contribution is -2.31. The quantitative estimate of drug-likeness (QED) is 0.806. The third-order valence-electron chi connectivity index (χ3n) is 3.66. The first-order valence-electron chi connectivity index (χ1n) is 6.90. The summed E-state index contributed by atoms with van der Waals surface area (Å²) >= 11 is 1.57. The summed E-state index contributed by atoms with van der Waals surface area (Å²) in [4.78, 5) is 26.3. The second-order valence-corrected chi connectivity index (χ2v) is 6.12. The summed E-state index contributed by atoms with van der Waals surface area (Å²) in [6.45, 7) is 1.67. The van der Waals surface area contributed by atoms with Crippen molar-refractivity contribution in [1.82, 2.24) is 4.90 Å². The van der Waals surface area contributed by atoms with Crippen LogP contribution in [0.3, 0.4) is 0 Å². The minimum atomic E-state index is -0.470. The molecular weight excluding hydrogens is 301 g/mol. The molecule has 0 aliphatic carbocycles. The van der Waals surface area contributed by atoms with E-state index in [0.29, 0.717) is 17.5 Å². The topological polar surface area (TPSA) is 37.4 Å². The molecule has 0 atom stereocenters. The Bertz CT molecular complexity index is 743. The van der Waals surface area contributed by atoms with Crippen LogP contribution in [0.4, 0.5) is 4.39 Å². The lowest BCUT2D eigenvalue weighted by molar-refractivity contribution is 0.0660. The highest BCUT2D eigenvalue weighted by molar-refractivity contribution is 7.10. The number of benzene rings is 1. The number of amides is 2. The van der Waals surface area contributed by atoms with Gasteiger partial charge in [0.15, 0.2) is 0 Å². The molecule has 2 heterocycles. The van der Waals surface area contributed by atoms with Crippen molar-refractivity contribution in [1.29, 1.82) is 0 Å². The van der Waals surface area contributed by atoms with Crippen molar-refractivity contribution < 1.29 is 14.0 Å². The van der Waals surface area contributed by atoms with E-state index in [4.69, 9.17) is 0 Å². The summed E-state index contributed by atoms with van der Waals surface area (Å²) in [7, 11) is 0. The van der Waals surface area contributed by atoms with Gasteiger partial charge >= 0.3 is 0 Å². The van der Waals surface area contributed by atoms with E-state index in [1.807, 2.05) is 18.4 Å². The molecule has 0 unspecified atom stereocenters. The van der Waals surface area contributed by atoms with Gasteiger partial charge in [0.1, 0.15) is 5.83 Å². The van der Waals surface area contributed by atoms with E-state index >= 15 is 0 Å². The van der Waals surface area contributed by atoms with Crippen molar-refractivity contribution in [3.05, 3.63) is 69.2 Å². The molecule has 1 aromatic heterocycles. The molecule has 112 valence electrons. The molecule has 1 aromatic carbocycles. The Hall–Kier alpha value is -2.27. The highest BCUT2D eigenvalue weighted by Gasteiger charge is 2.35. The molecule has 5 heteroatoms. The number of aryl methyl sites for hydroxylation is 1. The monoisotopic (exact) mass is 315 g/mol. The van der Waals surface area contributed by atoms with Gasteiger partial charge in [0.25, 0.3) is 11.8 Å². The van der Waals surface area contributed by atoms with Gasteiger partial charge in [-0.2, -0.15) is 0 Å². The van der Waals surface area contributed by atoms with E-state index in [9.17, 15) is 14.0 Å². The van der Waals surface area contributed by atoms with Crippen LogP contribution < -0.4 is 0 Å². The molecule has 0 N–H and O–H groups in total. The zero-order chi connectivity index (χ0) is 15.7. The van der Waals surface area contributed by atoms with E-state index < -0.39 is 17.6 Å². The van der Waals surface area contributed by atoms with Crippen LogP contribution in [0, 0.1) is 6.92 Å². The van der Waals surface area contributed by atoms with E-state index in [1.165, 1.54) is 6.08 Å². The Morgan fingerprint density at radius 3 is 2.36 bits per heavy atom. The maximum absolute atomic E-state index is 14.1. The SMILES string of the molecule is Cc1ccsc1CC=C(F)CN1C(=O)c2ccccc2C1=O. The molecule has 0 saturated carbocycles. The van der Waals surface area contributed by atoms with Crippen molar-refractivity contribution >= 4 is 23.2 Å². The Morgan fingerprint density at radius 1 is 1.18 bits per heavy atom. The zero-order valence-electron chi connectivity index (χ0n) is 12.0. The molecule has 0 fully saturated rings. The Kier molecular flexibility index (Phi) is 3.90. The number of halogens is 1. The van der Waals surface area contributed by atoms with Gasteiger partial charge in [0.05, 0.1) is 17.7 Å². The van der Waals surface area contributed by atoms with Gasteiger partial charge in [-0.25, -0.2) is 4.39 Å². The Labute approximate surface area is 131 Å². The molecule has 0 spiro atoms. The second-order valence-electron chi connectivity index (χ2n) is 5.12. The molecule has 2 amide bonds. The molecule has 0 radical (unpaired) electrons. The summed E-state index contributed by atoms with van der Waals surface area (Å²) in [6.07, 6.45) is 1.90. The van der Waals surface area contributed by atoms with E-state index in [2.05, 4.69) is 0 Å². The van der Waals surface area contributed by atoms with Gasteiger partial charge in [-0.15, -0.1) is 11.3 Å². The lowest BCUT2D eigenvalue weighted by atomic mass is 10.1. The molecule has 22 heavy (non-hydrogen) atoms. The fourth-order valence-corrected chi connectivity index (χ4v) is 3.28. The molecule has 2 aromatic rings. The third kappa shape index (κ3) is 2.60. The van der Waals surface area contributed by atoms with Crippen LogP contribution in [0.5, 0.6) is 0 Å². The molecule has 3 rings (SSSR count). The van der Waals surface area contributed by atoms with Gasteiger partial charge in [-0.05, 0) is 42.1 Å². The number of hydrogen-bond acceptors (Lipinski definition) is 3. The maximum atomic E-state index is 14.1. The van der Waals surface area contributed by atoms with Gasteiger partial charge in [-0.3, -0.25) is 14.5 Å². The van der Waals surface area contributed by atoms with Crippen molar-refractivity contribution in [2.24, 2.45) is 0 Å². The van der Waals surface area contributed by atoms with Crippen LogP contribution >= 0.6 is 11.3 Å². The summed E-state index contributed by atoms with van der Waals surface area (Å²) in [5.74, 6) is -1.34. The summed E-state index contributed by atoms with van der Waals surface area (Å²) in [6, 6.07) is 8.55. The van der Waals surface area contributed by atoms with Crippen molar-refractivity contribution in [3.63, 3.8) is 0 Å². The third-order valence-corrected chi connectivity index (χ3v) is 4.71. The number of imide groups is 1. The van der Waals surface area contributed by atoms with Crippen LogP contribution in [0.1, 0.15) is 31.2 Å². The number of allylic oxidation sites excluding steroid dienone is 1. The predicted octanol–water partition coefficient (Wildman–Crippen LogP) is 3.75. The number of fused-ring (bicyclic) bond motifs is 1. The fourth-order valence-electron chi connectivity index (χ4n) is 2.41. The zero-order valence-corrected chi connectivity index (χ0v) is 12.8. The van der Waals surface area contributed by atoms with Crippen LogP contribution in [0.15, 0.2) is 47.6 Å².